The maximum absolute atomic E-state index is 12.2. The molecule has 138 valence electrons. The highest BCUT2D eigenvalue weighted by Gasteiger charge is 2.20. The van der Waals surface area contributed by atoms with Crippen molar-refractivity contribution in [2.75, 3.05) is 26.9 Å². The van der Waals surface area contributed by atoms with Crippen molar-refractivity contribution in [1.82, 2.24) is 0 Å². The minimum absolute atomic E-state index is 0.0170. The standard InChI is InChI=1S/C17H28O6S/c1-13-6-8-17(9-7-13)24(18,19)23-16(4)12-22-15(3)11-21-14(2)10-20-5/h6-9,14-16H,10-12H2,1-5H3/t14-,15-,16-/m0/s1. The van der Waals surface area contributed by atoms with E-state index >= 15 is 0 Å². The van der Waals surface area contributed by atoms with Gasteiger partial charge in [0.15, 0.2) is 0 Å². The molecular formula is C17H28O6S. The fourth-order valence-electron chi connectivity index (χ4n) is 1.94. The summed E-state index contributed by atoms with van der Waals surface area (Å²) in [7, 11) is -2.17. The van der Waals surface area contributed by atoms with Crippen LogP contribution in [0.2, 0.25) is 0 Å². The third-order valence-electron chi connectivity index (χ3n) is 3.23. The van der Waals surface area contributed by atoms with Crippen molar-refractivity contribution >= 4 is 10.1 Å². The molecule has 0 unspecified atom stereocenters. The summed E-state index contributed by atoms with van der Waals surface area (Å²) < 4.78 is 45.6. The van der Waals surface area contributed by atoms with Crippen molar-refractivity contribution in [2.45, 2.75) is 50.9 Å². The summed E-state index contributed by atoms with van der Waals surface area (Å²) in [4.78, 5) is 0.143. The van der Waals surface area contributed by atoms with Gasteiger partial charge in [-0.1, -0.05) is 17.7 Å². The van der Waals surface area contributed by atoms with Crippen molar-refractivity contribution in [2.24, 2.45) is 0 Å². The summed E-state index contributed by atoms with van der Waals surface area (Å²) in [6, 6.07) is 6.54. The molecule has 0 spiro atoms. The molecule has 0 heterocycles. The van der Waals surface area contributed by atoms with Crippen LogP contribution in [0.5, 0.6) is 0 Å². The largest absolute Gasteiger partial charge is 0.382 e. The SMILES string of the molecule is COC[C@H](C)OC[C@H](C)OC[C@H](C)OS(=O)(=O)c1ccc(C)cc1. The Morgan fingerprint density at radius 3 is 1.92 bits per heavy atom. The van der Waals surface area contributed by atoms with Crippen LogP contribution in [0.1, 0.15) is 26.3 Å². The lowest BCUT2D eigenvalue weighted by molar-refractivity contribution is -0.0626. The Balaban J connectivity index is 2.39. The summed E-state index contributed by atoms with van der Waals surface area (Å²) in [5.41, 5.74) is 0.988. The number of ether oxygens (including phenoxy) is 3. The van der Waals surface area contributed by atoms with Crippen LogP contribution in [0.25, 0.3) is 0 Å². The van der Waals surface area contributed by atoms with E-state index in [1.54, 1.807) is 26.2 Å². The van der Waals surface area contributed by atoms with Gasteiger partial charge < -0.3 is 14.2 Å². The van der Waals surface area contributed by atoms with Crippen LogP contribution < -0.4 is 0 Å². The van der Waals surface area contributed by atoms with Crippen LogP contribution in [0, 0.1) is 6.92 Å². The van der Waals surface area contributed by atoms with Gasteiger partial charge in [0, 0.05) is 7.11 Å². The van der Waals surface area contributed by atoms with Gasteiger partial charge in [0.1, 0.15) is 0 Å². The molecule has 6 nitrogen and oxygen atoms in total. The summed E-state index contributed by atoms with van der Waals surface area (Å²) in [5.74, 6) is 0. The number of benzene rings is 1. The first-order valence-corrected chi connectivity index (χ1v) is 9.37. The quantitative estimate of drug-likeness (QED) is 0.565. The van der Waals surface area contributed by atoms with Crippen molar-refractivity contribution in [3.63, 3.8) is 0 Å². The van der Waals surface area contributed by atoms with Crippen molar-refractivity contribution in [3.8, 4) is 0 Å². The van der Waals surface area contributed by atoms with Crippen LogP contribution in [-0.4, -0.2) is 53.7 Å². The highest BCUT2D eigenvalue weighted by atomic mass is 32.2. The highest BCUT2D eigenvalue weighted by molar-refractivity contribution is 7.86. The molecule has 0 fully saturated rings. The van der Waals surface area contributed by atoms with Crippen LogP contribution >= 0.6 is 0 Å². The second-order valence-corrected chi connectivity index (χ2v) is 7.49. The Kier molecular flexibility index (Phi) is 8.86. The number of aryl methyl sites for hydroxylation is 1. The third kappa shape index (κ3) is 7.72. The second-order valence-electron chi connectivity index (χ2n) is 5.92. The molecule has 0 aliphatic heterocycles. The van der Waals surface area contributed by atoms with Gasteiger partial charge in [-0.3, -0.25) is 4.18 Å². The smallest absolute Gasteiger partial charge is 0.297 e. The molecule has 1 rings (SSSR count). The van der Waals surface area contributed by atoms with Crippen molar-refractivity contribution in [1.29, 1.82) is 0 Å². The minimum atomic E-state index is -3.79. The van der Waals surface area contributed by atoms with Gasteiger partial charge in [-0.15, -0.1) is 0 Å². The molecule has 0 saturated heterocycles. The topological polar surface area (TPSA) is 71.1 Å². The Morgan fingerprint density at radius 2 is 1.38 bits per heavy atom. The molecule has 7 heteroatoms. The molecule has 1 aromatic rings. The number of hydrogen-bond donors (Lipinski definition) is 0. The first-order chi connectivity index (χ1) is 11.2. The van der Waals surface area contributed by atoms with Gasteiger partial charge in [0.05, 0.1) is 43.0 Å². The first kappa shape index (κ1) is 21.1. The highest BCUT2D eigenvalue weighted by Crippen LogP contribution is 2.15. The predicted octanol–water partition coefficient (Wildman–Crippen LogP) is 2.55. The molecule has 0 aromatic heterocycles. The van der Waals surface area contributed by atoms with Crippen LogP contribution in [-0.2, 0) is 28.5 Å². The summed E-state index contributed by atoms with van der Waals surface area (Å²) >= 11 is 0. The van der Waals surface area contributed by atoms with Crippen LogP contribution in [0.15, 0.2) is 29.2 Å². The average Bonchev–Trinajstić information content (AvgIpc) is 2.51. The average molecular weight is 360 g/mol. The molecule has 0 aliphatic carbocycles. The Labute approximate surface area is 145 Å². The Hall–Kier alpha value is -0.990. The molecular weight excluding hydrogens is 332 g/mol. The van der Waals surface area contributed by atoms with Crippen LogP contribution in [0.4, 0.5) is 0 Å². The van der Waals surface area contributed by atoms with E-state index in [-0.39, 0.29) is 23.7 Å². The molecule has 0 saturated carbocycles. The van der Waals surface area contributed by atoms with Crippen molar-refractivity contribution in [3.05, 3.63) is 29.8 Å². The summed E-state index contributed by atoms with van der Waals surface area (Å²) in [6.07, 6.45) is -0.774. The maximum atomic E-state index is 12.2. The van der Waals surface area contributed by atoms with Gasteiger partial charge in [-0.05, 0) is 39.8 Å². The van der Waals surface area contributed by atoms with Crippen LogP contribution in [0.3, 0.4) is 0 Å². The lowest BCUT2D eigenvalue weighted by atomic mass is 10.2. The van der Waals surface area contributed by atoms with Gasteiger partial charge in [-0.25, -0.2) is 0 Å². The van der Waals surface area contributed by atoms with E-state index in [0.29, 0.717) is 13.2 Å². The molecule has 0 amide bonds. The maximum Gasteiger partial charge on any atom is 0.297 e. The number of hydrogen-bond acceptors (Lipinski definition) is 6. The monoisotopic (exact) mass is 360 g/mol. The predicted molar refractivity (Wildman–Crippen MR) is 91.6 cm³/mol. The molecule has 3 atom stereocenters. The van der Waals surface area contributed by atoms with Gasteiger partial charge >= 0.3 is 0 Å². The molecule has 0 N–H and O–H groups in total. The fourth-order valence-corrected chi connectivity index (χ4v) is 3.00. The van der Waals surface area contributed by atoms with Gasteiger partial charge in [0.25, 0.3) is 10.1 Å². The van der Waals surface area contributed by atoms with E-state index < -0.39 is 16.2 Å². The molecule has 0 bridgehead atoms. The molecule has 0 aliphatic rings. The summed E-state index contributed by atoms with van der Waals surface area (Å²) in [6.45, 7) is 8.41. The van der Waals surface area contributed by atoms with E-state index in [1.807, 2.05) is 20.8 Å². The van der Waals surface area contributed by atoms with Gasteiger partial charge in [-0.2, -0.15) is 8.42 Å². The summed E-state index contributed by atoms with van der Waals surface area (Å²) in [5, 5.41) is 0. The lowest BCUT2D eigenvalue weighted by Crippen LogP contribution is -2.27. The number of rotatable bonds is 11. The lowest BCUT2D eigenvalue weighted by Gasteiger charge is -2.19. The normalized spacial score (nSPS) is 15.9. The first-order valence-electron chi connectivity index (χ1n) is 7.96. The Bertz CT molecular complexity index is 569. The zero-order valence-corrected chi connectivity index (χ0v) is 15.8. The van der Waals surface area contributed by atoms with E-state index in [1.165, 1.54) is 12.1 Å². The zero-order valence-electron chi connectivity index (χ0n) is 15.0. The third-order valence-corrected chi connectivity index (χ3v) is 4.66. The molecule has 1 aromatic carbocycles. The van der Waals surface area contributed by atoms with E-state index in [2.05, 4.69) is 0 Å². The van der Waals surface area contributed by atoms with E-state index in [9.17, 15) is 8.42 Å². The minimum Gasteiger partial charge on any atom is -0.382 e. The second kappa shape index (κ2) is 10.1. The van der Waals surface area contributed by atoms with Gasteiger partial charge in [0.2, 0.25) is 0 Å². The number of methoxy groups -OCH3 is 1. The Morgan fingerprint density at radius 1 is 0.875 bits per heavy atom. The van der Waals surface area contributed by atoms with E-state index in [0.717, 1.165) is 5.56 Å². The fraction of sp³-hybridized carbons (Fsp3) is 0.647. The zero-order chi connectivity index (χ0) is 18.2. The van der Waals surface area contributed by atoms with E-state index in [4.69, 9.17) is 18.4 Å². The van der Waals surface area contributed by atoms with Crippen molar-refractivity contribution < 1.29 is 26.8 Å². The molecule has 0 radical (unpaired) electrons. The molecule has 24 heavy (non-hydrogen) atoms.